The van der Waals surface area contributed by atoms with Gasteiger partial charge in [-0.2, -0.15) is 0 Å². The van der Waals surface area contributed by atoms with E-state index in [0.717, 1.165) is 0 Å². The molecule has 2 N–H and O–H groups in total. The summed E-state index contributed by atoms with van der Waals surface area (Å²) in [7, 11) is -40.2. The first-order chi connectivity index (χ1) is 30.3. The van der Waals surface area contributed by atoms with Gasteiger partial charge in [-0.1, -0.05) is 0 Å². The summed E-state index contributed by atoms with van der Waals surface area (Å²) >= 11 is 0. The van der Waals surface area contributed by atoms with Crippen LogP contribution in [0.2, 0.25) is 208 Å². The second-order valence-corrected chi connectivity index (χ2v) is 85.8. The number of carboxylic acids is 2. The Hall–Kier alpha value is 1.24. The lowest BCUT2D eigenvalue weighted by Gasteiger charge is -2.47. The molecule has 0 rings (SSSR count). The second kappa shape index (κ2) is 25.4. The minimum Gasteiger partial charge on any atom is -0.478 e. The summed E-state index contributed by atoms with van der Waals surface area (Å²) < 4.78 is 85.3. The SMILES string of the molecule is C[Si](C)(C)O[Si](CCCC(C(=O)O)=C(CCC[Si](O[Si](C)(C)C)(O[Si](C)(C)C)O[Si](O[Si](C)(C)C)(O[Si](C)(C)C)O[Si](C)(C)C)C(=O)O)(O[Si](C)(C)C)O[Si](O[Si](C)(C)C)(O[Si](C)(C)C)O[Si](C)(C)C. The van der Waals surface area contributed by atoms with Crippen LogP contribution in [0.5, 0.6) is 0 Å². The Bertz CT molecular complexity index is 1480. The molecule has 70 heavy (non-hydrogen) atoms. The van der Waals surface area contributed by atoms with Crippen molar-refractivity contribution in [2.45, 2.75) is 234 Å². The molecule has 0 aliphatic carbocycles. The Labute approximate surface area is 442 Å². The number of hydrogen-bond donors (Lipinski definition) is 2. The number of hydrogen-bond acceptors (Lipinski definition) is 14. The number of carbonyl (C=O) groups is 2. The zero-order valence-electron chi connectivity index (χ0n) is 49.9. The predicted molar refractivity (Wildman–Crippen MR) is 320 cm³/mol. The largest absolute Gasteiger partial charge is 0.640 e. The van der Waals surface area contributed by atoms with Gasteiger partial charge in [0.15, 0.2) is 83.2 Å². The van der Waals surface area contributed by atoms with E-state index in [0.29, 0.717) is 0 Å². The molecule has 16 nitrogen and oxygen atoms in total. The van der Waals surface area contributed by atoms with Crippen LogP contribution in [0.25, 0.3) is 0 Å². The van der Waals surface area contributed by atoms with Gasteiger partial charge in [-0.3, -0.25) is 0 Å². The van der Waals surface area contributed by atoms with Gasteiger partial charge in [-0.15, -0.1) is 0 Å². The molecule has 0 amide bonds. The van der Waals surface area contributed by atoms with Gasteiger partial charge in [-0.05, 0) is 222 Å². The van der Waals surface area contributed by atoms with E-state index >= 15 is 0 Å². The smallest absolute Gasteiger partial charge is 0.478 e. The van der Waals surface area contributed by atoms with Crippen LogP contribution in [-0.2, 0) is 59.0 Å². The minimum absolute atomic E-state index is 0.0869. The fraction of sp³-hybridized carbons (Fsp3) is 0.900. The third-order valence-corrected chi connectivity index (χ3v) is 49.6. The van der Waals surface area contributed by atoms with Gasteiger partial charge in [0.05, 0.1) is 0 Å². The Kier molecular flexibility index (Phi) is 25.8. The van der Waals surface area contributed by atoms with Gasteiger partial charge in [0.1, 0.15) is 0 Å². The van der Waals surface area contributed by atoms with Crippen LogP contribution in [0.15, 0.2) is 11.1 Å². The van der Waals surface area contributed by atoms with Crippen LogP contribution in [0, 0.1) is 0 Å². The summed E-state index contributed by atoms with van der Waals surface area (Å²) in [6.07, 6.45) is 0.216. The van der Waals surface area contributed by atoms with Crippen molar-refractivity contribution in [3.05, 3.63) is 11.1 Å². The quantitative estimate of drug-likeness (QED) is 0.0457. The number of carboxylic acid groups (broad SMARTS) is 2. The molecule has 0 aromatic rings. The maximum Gasteiger partial charge on any atom is 0.640 e. The molecule has 0 heterocycles. The highest BCUT2D eigenvalue weighted by molar-refractivity contribution is 6.95. The monoisotopic (exact) mass is 1230 g/mol. The molecule has 0 fully saturated rings. The third-order valence-electron chi connectivity index (χ3n) is 7.69. The molecule has 0 saturated heterocycles. The molecule has 0 aromatic heterocycles. The van der Waals surface area contributed by atoms with Crippen molar-refractivity contribution in [3.8, 4) is 0 Å². The van der Waals surface area contributed by atoms with Crippen molar-refractivity contribution < 1.29 is 69.2 Å². The zero-order chi connectivity index (χ0) is 56.0. The molecule has 0 bridgehead atoms. The van der Waals surface area contributed by atoms with Crippen molar-refractivity contribution in [2.75, 3.05) is 0 Å². The molecule has 0 aliphatic rings. The second-order valence-electron chi connectivity index (χ2n) is 28.0. The molecule has 416 valence electrons. The summed E-state index contributed by atoms with van der Waals surface area (Å²) in [4.78, 5) is 26.7. The molecular weight excluding hydrogens is 1130 g/mol. The molecule has 0 saturated carbocycles. The number of aliphatic carboxylic acids is 2. The van der Waals surface area contributed by atoms with E-state index in [1.807, 2.05) is 0 Å². The molecule has 0 unspecified atom stereocenters. The van der Waals surface area contributed by atoms with E-state index in [9.17, 15) is 19.8 Å². The van der Waals surface area contributed by atoms with E-state index in [1.165, 1.54) is 0 Å². The van der Waals surface area contributed by atoms with Gasteiger partial charge < -0.3 is 59.6 Å². The normalized spacial score (nSPS) is 15.6. The molecule has 0 atom stereocenters. The van der Waals surface area contributed by atoms with Gasteiger partial charge in [0.25, 0.3) is 0 Å². The first-order valence-corrected chi connectivity index (χ1v) is 66.1. The Morgan fingerprint density at radius 1 is 0.271 bits per heavy atom. The summed E-state index contributed by atoms with van der Waals surface area (Å²) in [6, 6.07) is 0.379. The summed E-state index contributed by atoms with van der Waals surface area (Å²) in [5.41, 5.74) is -0.398. The van der Waals surface area contributed by atoms with Gasteiger partial charge >= 0.3 is 47.6 Å². The Morgan fingerprint density at radius 2 is 0.429 bits per heavy atom. The van der Waals surface area contributed by atoms with Crippen LogP contribution < -0.4 is 0 Å². The average molecular weight is 1230 g/mol. The molecular formula is C40H104O16Si14. The van der Waals surface area contributed by atoms with Crippen LogP contribution in [-0.4, -0.2) is 141 Å². The number of rotatable bonds is 34. The summed E-state index contributed by atoms with van der Waals surface area (Å²) in [6.45, 7) is 62.2. The van der Waals surface area contributed by atoms with Gasteiger partial charge in [-0.25, -0.2) is 9.59 Å². The maximum atomic E-state index is 13.4. The van der Waals surface area contributed by atoms with Crippen molar-refractivity contribution >= 4 is 131 Å². The van der Waals surface area contributed by atoms with E-state index in [2.05, 4.69) is 196 Å². The summed E-state index contributed by atoms with van der Waals surface area (Å²) in [5, 5.41) is 21.8. The van der Waals surface area contributed by atoms with Crippen molar-refractivity contribution in [1.82, 2.24) is 0 Å². The highest BCUT2D eigenvalue weighted by atomic mass is 28.6. The fourth-order valence-electron chi connectivity index (χ4n) is 6.92. The zero-order valence-corrected chi connectivity index (χ0v) is 63.9. The highest BCUT2D eigenvalue weighted by Crippen LogP contribution is 2.39. The lowest BCUT2D eigenvalue weighted by molar-refractivity contribution is -0.136. The van der Waals surface area contributed by atoms with E-state index in [4.69, 9.17) is 49.4 Å². The van der Waals surface area contributed by atoms with Crippen molar-refractivity contribution in [3.63, 3.8) is 0 Å². The molecule has 0 radical (unpaired) electrons. The highest BCUT2D eigenvalue weighted by Gasteiger charge is 2.64. The van der Waals surface area contributed by atoms with Crippen LogP contribution in [0.3, 0.4) is 0 Å². The molecule has 0 aromatic carbocycles. The first kappa shape index (κ1) is 71.2. The average Bonchev–Trinajstić information content (AvgIpc) is 2.91. The van der Waals surface area contributed by atoms with Crippen LogP contribution >= 0.6 is 0 Å². The Balaban J connectivity index is 7.99. The van der Waals surface area contributed by atoms with E-state index < -0.39 is 131 Å². The van der Waals surface area contributed by atoms with E-state index in [-0.39, 0.29) is 48.9 Å². The first-order valence-electron chi connectivity index (χ1n) is 24.9. The molecule has 0 spiro atoms. The topological polar surface area (TPSA) is 185 Å². The standard InChI is InChI=1S/C40H104O16Si14/c1-57(2,3)45-67(46-58(4,5)6,55-69(49-61(13,14)15,50-62(16,17)18)51-63(19,20)21)35-31-33-37(39(41)42)38(40(43)44)34-32-36-68(47-59(7,8)9,48-60(10,11)12)56-70(52-64(22,23)24,53-65(25,26)27)54-66(28,29)30/h31-36H2,1-30H3,(H,41,42)(H,43,44). The maximum absolute atomic E-state index is 13.4. The fourth-order valence-corrected chi connectivity index (χ4v) is 56.3. The molecule has 30 heteroatoms. The Morgan fingerprint density at radius 3 is 0.557 bits per heavy atom. The van der Waals surface area contributed by atoms with Crippen molar-refractivity contribution in [2.24, 2.45) is 0 Å². The summed E-state index contributed by atoms with van der Waals surface area (Å²) in [5.74, 6) is -2.62. The van der Waals surface area contributed by atoms with Gasteiger partial charge in [0, 0.05) is 23.2 Å². The van der Waals surface area contributed by atoms with Gasteiger partial charge in [0.2, 0.25) is 0 Å². The lowest BCUT2D eigenvalue weighted by atomic mass is 10.00. The van der Waals surface area contributed by atoms with Crippen LogP contribution in [0.4, 0.5) is 0 Å². The van der Waals surface area contributed by atoms with Crippen molar-refractivity contribution in [1.29, 1.82) is 0 Å². The van der Waals surface area contributed by atoms with Crippen LogP contribution in [0.1, 0.15) is 25.7 Å². The minimum atomic E-state index is -4.03. The lowest BCUT2D eigenvalue weighted by Crippen LogP contribution is -2.70. The third kappa shape index (κ3) is 32.7. The molecule has 0 aliphatic heterocycles. The predicted octanol–water partition coefficient (Wildman–Crippen LogP) is 13.3. The van der Waals surface area contributed by atoms with E-state index in [1.54, 1.807) is 0 Å².